The molecule has 0 bridgehead atoms. The van der Waals surface area contributed by atoms with Crippen molar-refractivity contribution < 1.29 is 0 Å². The van der Waals surface area contributed by atoms with Crippen LogP contribution < -0.4 is 0 Å². The van der Waals surface area contributed by atoms with E-state index in [-0.39, 0.29) is 0 Å². The highest BCUT2D eigenvalue weighted by Crippen LogP contribution is 2.29. The van der Waals surface area contributed by atoms with E-state index < -0.39 is 0 Å². The van der Waals surface area contributed by atoms with Crippen LogP contribution in [0.1, 0.15) is 4.88 Å². The van der Waals surface area contributed by atoms with Crippen LogP contribution in [-0.2, 0) is 0 Å². The number of hydrogen-bond donors (Lipinski definition) is 0. The lowest BCUT2D eigenvalue weighted by Crippen LogP contribution is -1.75. The largest absolute Gasteiger partial charge is 0.141 e. The van der Waals surface area contributed by atoms with Crippen LogP contribution in [0.5, 0.6) is 0 Å². The molecule has 0 radical (unpaired) electrons. The Bertz CT molecular complexity index is 620. The molecule has 0 aliphatic heterocycles. The van der Waals surface area contributed by atoms with E-state index in [1.807, 2.05) is 11.3 Å². The van der Waals surface area contributed by atoms with Gasteiger partial charge in [0.2, 0.25) is 0 Å². The summed E-state index contributed by atoms with van der Waals surface area (Å²) in [6.07, 6.45) is 0. The van der Waals surface area contributed by atoms with Crippen molar-refractivity contribution in [3.8, 4) is 11.1 Å². The Kier molecular flexibility index (Phi) is 2.26. The number of aryl methyl sites for hydroxylation is 1. The second-order valence-electron chi connectivity index (χ2n) is 3.98. The zero-order valence-corrected chi connectivity index (χ0v) is 9.92. The molecule has 16 heavy (non-hydrogen) atoms. The summed E-state index contributed by atoms with van der Waals surface area (Å²) in [5, 5.41) is 1.35. The minimum absolute atomic E-state index is 1.29. The van der Waals surface area contributed by atoms with E-state index in [0.717, 1.165) is 0 Å². The molecule has 0 unspecified atom stereocenters. The minimum atomic E-state index is 1.29. The van der Waals surface area contributed by atoms with Crippen molar-refractivity contribution in [1.82, 2.24) is 0 Å². The topological polar surface area (TPSA) is 0 Å². The van der Waals surface area contributed by atoms with E-state index in [1.165, 1.54) is 26.1 Å². The molecule has 78 valence electrons. The molecule has 3 rings (SSSR count). The van der Waals surface area contributed by atoms with Gasteiger partial charge in [0.25, 0.3) is 0 Å². The van der Waals surface area contributed by atoms with Crippen molar-refractivity contribution in [1.29, 1.82) is 0 Å². The zero-order chi connectivity index (χ0) is 11.0. The van der Waals surface area contributed by atoms with Gasteiger partial charge in [-0.15, -0.1) is 11.3 Å². The van der Waals surface area contributed by atoms with Gasteiger partial charge in [-0.1, -0.05) is 36.4 Å². The molecule has 0 saturated heterocycles. The van der Waals surface area contributed by atoms with Crippen LogP contribution >= 0.6 is 11.3 Å². The summed E-state index contributed by atoms with van der Waals surface area (Å²) >= 11 is 1.86. The monoisotopic (exact) mass is 224 g/mol. The highest BCUT2D eigenvalue weighted by atomic mass is 32.1. The first-order valence-corrected chi connectivity index (χ1v) is 6.20. The summed E-state index contributed by atoms with van der Waals surface area (Å²) < 4.78 is 1.37. The van der Waals surface area contributed by atoms with Crippen LogP contribution in [0.25, 0.3) is 21.2 Å². The highest BCUT2D eigenvalue weighted by molar-refractivity contribution is 7.19. The van der Waals surface area contributed by atoms with Gasteiger partial charge in [-0.3, -0.25) is 0 Å². The predicted octanol–water partition coefficient (Wildman–Crippen LogP) is 4.88. The van der Waals surface area contributed by atoms with E-state index in [4.69, 9.17) is 0 Å². The third-order valence-corrected chi connectivity index (χ3v) is 3.78. The molecule has 0 aliphatic rings. The Morgan fingerprint density at radius 3 is 2.44 bits per heavy atom. The van der Waals surface area contributed by atoms with Gasteiger partial charge in [-0.05, 0) is 41.6 Å². The zero-order valence-electron chi connectivity index (χ0n) is 9.10. The molecule has 3 aromatic rings. The van der Waals surface area contributed by atoms with Gasteiger partial charge in [0.1, 0.15) is 0 Å². The van der Waals surface area contributed by atoms with Crippen molar-refractivity contribution in [2.45, 2.75) is 6.92 Å². The maximum atomic E-state index is 2.27. The molecule has 1 aromatic heterocycles. The van der Waals surface area contributed by atoms with Gasteiger partial charge in [0, 0.05) is 9.58 Å². The maximum absolute atomic E-state index is 2.27. The molecule has 1 heteroatoms. The average Bonchev–Trinajstić information content (AvgIpc) is 2.69. The summed E-state index contributed by atoms with van der Waals surface area (Å²) in [5.74, 6) is 0. The quantitative estimate of drug-likeness (QED) is 0.553. The molecule has 0 fully saturated rings. The Hall–Kier alpha value is -1.60. The smallest absolute Gasteiger partial charge is 0.0345 e. The Labute approximate surface area is 99.2 Å². The van der Waals surface area contributed by atoms with E-state index in [0.29, 0.717) is 0 Å². The lowest BCUT2D eigenvalue weighted by atomic mass is 10.0. The summed E-state index contributed by atoms with van der Waals surface area (Å²) in [6.45, 7) is 2.16. The number of thiophene rings is 1. The number of benzene rings is 2. The first kappa shape index (κ1) is 9.61. The van der Waals surface area contributed by atoms with Crippen LogP contribution in [0.2, 0.25) is 0 Å². The Balaban J connectivity index is 2.18. The average molecular weight is 224 g/mol. The molecule has 2 aromatic carbocycles. The molecule has 0 spiro atoms. The second-order valence-corrected chi connectivity index (χ2v) is 5.26. The second kappa shape index (κ2) is 3.76. The fraction of sp³-hybridized carbons (Fsp3) is 0.0667. The van der Waals surface area contributed by atoms with Gasteiger partial charge < -0.3 is 0 Å². The van der Waals surface area contributed by atoms with Crippen molar-refractivity contribution in [3.05, 3.63) is 59.5 Å². The molecule has 0 atom stereocenters. The molecule has 0 aliphatic carbocycles. The number of hydrogen-bond acceptors (Lipinski definition) is 1. The van der Waals surface area contributed by atoms with E-state index in [9.17, 15) is 0 Å². The minimum Gasteiger partial charge on any atom is -0.141 e. The summed E-state index contributed by atoms with van der Waals surface area (Å²) in [5.41, 5.74) is 2.58. The molecule has 0 nitrogen and oxygen atoms in total. The van der Waals surface area contributed by atoms with Gasteiger partial charge in [0.15, 0.2) is 0 Å². The van der Waals surface area contributed by atoms with Crippen LogP contribution in [0.3, 0.4) is 0 Å². The molecule has 0 N–H and O–H groups in total. The highest BCUT2D eigenvalue weighted by Gasteiger charge is 2.01. The molecular formula is C15H12S. The Morgan fingerprint density at radius 2 is 1.62 bits per heavy atom. The Morgan fingerprint density at radius 1 is 0.812 bits per heavy atom. The fourth-order valence-electron chi connectivity index (χ4n) is 1.99. The fourth-order valence-corrected chi connectivity index (χ4v) is 2.89. The van der Waals surface area contributed by atoms with E-state index >= 15 is 0 Å². The normalized spacial score (nSPS) is 10.8. The first-order valence-electron chi connectivity index (χ1n) is 5.38. The van der Waals surface area contributed by atoms with Gasteiger partial charge in [0.05, 0.1) is 0 Å². The standard InChI is InChI=1S/C15H12S/c1-11-9-14-10-13(7-8-15(14)16-11)12-5-3-2-4-6-12/h2-10H,1H3. The summed E-state index contributed by atoms with van der Waals surface area (Å²) in [7, 11) is 0. The lowest BCUT2D eigenvalue weighted by Gasteiger charge is -2.00. The molecular weight excluding hydrogens is 212 g/mol. The van der Waals surface area contributed by atoms with Gasteiger partial charge in [-0.2, -0.15) is 0 Å². The third kappa shape index (κ3) is 1.63. The summed E-state index contributed by atoms with van der Waals surface area (Å²) in [4.78, 5) is 1.38. The molecule has 1 heterocycles. The molecule has 0 saturated carbocycles. The van der Waals surface area contributed by atoms with Crippen molar-refractivity contribution in [3.63, 3.8) is 0 Å². The van der Waals surface area contributed by atoms with Crippen molar-refractivity contribution >= 4 is 21.4 Å². The van der Waals surface area contributed by atoms with Crippen molar-refractivity contribution in [2.75, 3.05) is 0 Å². The van der Waals surface area contributed by atoms with Crippen LogP contribution in [-0.4, -0.2) is 0 Å². The maximum Gasteiger partial charge on any atom is 0.0345 e. The lowest BCUT2D eigenvalue weighted by molar-refractivity contribution is 1.64. The van der Waals surface area contributed by atoms with E-state index in [1.54, 1.807) is 0 Å². The first-order chi connectivity index (χ1) is 7.83. The van der Waals surface area contributed by atoms with Crippen LogP contribution in [0.4, 0.5) is 0 Å². The van der Waals surface area contributed by atoms with Crippen LogP contribution in [0.15, 0.2) is 54.6 Å². The van der Waals surface area contributed by atoms with E-state index in [2.05, 4.69) is 61.5 Å². The van der Waals surface area contributed by atoms with Crippen molar-refractivity contribution in [2.24, 2.45) is 0 Å². The summed E-state index contributed by atoms with van der Waals surface area (Å²) in [6, 6.07) is 19.5. The van der Waals surface area contributed by atoms with Gasteiger partial charge >= 0.3 is 0 Å². The third-order valence-electron chi connectivity index (χ3n) is 2.75. The number of rotatable bonds is 1. The van der Waals surface area contributed by atoms with Gasteiger partial charge in [-0.25, -0.2) is 0 Å². The SMILES string of the molecule is Cc1cc2cc(-c3ccccc3)ccc2s1. The molecule has 0 amide bonds. The van der Waals surface area contributed by atoms with Crippen LogP contribution in [0, 0.1) is 6.92 Å². The number of fused-ring (bicyclic) bond motifs is 1. The predicted molar refractivity (Wildman–Crippen MR) is 72.0 cm³/mol.